The van der Waals surface area contributed by atoms with Gasteiger partial charge in [-0.2, -0.15) is 0 Å². The highest BCUT2D eigenvalue weighted by Crippen LogP contribution is 2.08. The topological polar surface area (TPSA) is 25.8 Å². The molecule has 52 valence electrons. The van der Waals surface area contributed by atoms with E-state index in [1.165, 1.54) is 5.54 Å². The Balaban J connectivity index is 2.96. The minimum absolute atomic E-state index is 0.817. The summed E-state index contributed by atoms with van der Waals surface area (Å²) < 4.78 is 0. The number of allylic oxidation sites excluding steroid dienone is 1. The Labute approximate surface area is 64.6 Å². The van der Waals surface area contributed by atoms with Crippen LogP contribution in [0.15, 0.2) is 24.1 Å². The zero-order valence-electron chi connectivity index (χ0n) is 5.58. The van der Waals surface area contributed by atoms with Crippen molar-refractivity contribution in [3.8, 4) is 0 Å². The molecule has 0 saturated carbocycles. The highest BCUT2D eigenvalue weighted by atomic mass is 35.5. The van der Waals surface area contributed by atoms with Gasteiger partial charge in [-0.3, -0.25) is 9.97 Å². The first-order valence-electron chi connectivity index (χ1n) is 2.88. The molecule has 0 aliphatic carbocycles. The van der Waals surface area contributed by atoms with E-state index >= 15 is 0 Å². The lowest BCUT2D eigenvalue weighted by molar-refractivity contribution is 1.16. The molecule has 0 radical (unpaired) electrons. The molecule has 0 atom stereocenters. The lowest BCUT2D eigenvalue weighted by Gasteiger charge is -1.94. The second kappa shape index (κ2) is 3.32. The Bertz CT molecular complexity index is 231. The minimum atomic E-state index is 0.817. The molecule has 0 unspecified atom stereocenters. The number of aromatic nitrogens is 2. The Kier molecular flexibility index (Phi) is 2.40. The maximum absolute atomic E-state index is 5.46. The molecule has 1 rings (SSSR count). The van der Waals surface area contributed by atoms with E-state index in [0.29, 0.717) is 0 Å². The van der Waals surface area contributed by atoms with E-state index in [1.807, 2.05) is 6.92 Å². The third-order valence-corrected chi connectivity index (χ3v) is 1.46. The normalized spacial score (nSPS) is 11.6. The van der Waals surface area contributed by atoms with Gasteiger partial charge in [0.15, 0.2) is 0 Å². The lowest BCUT2D eigenvalue weighted by Crippen LogP contribution is -1.84. The van der Waals surface area contributed by atoms with Crippen molar-refractivity contribution in [2.24, 2.45) is 0 Å². The Morgan fingerprint density at radius 1 is 1.60 bits per heavy atom. The van der Waals surface area contributed by atoms with Crippen LogP contribution in [0, 0.1) is 0 Å². The predicted octanol–water partition coefficient (Wildman–Crippen LogP) is 2.08. The van der Waals surface area contributed by atoms with Crippen molar-refractivity contribution in [3.05, 3.63) is 29.8 Å². The molecule has 0 aliphatic heterocycles. The van der Waals surface area contributed by atoms with Crippen molar-refractivity contribution in [1.29, 1.82) is 0 Å². The van der Waals surface area contributed by atoms with Crippen LogP contribution >= 0.6 is 11.6 Å². The zero-order chi connectivity index (χ0) is 7.40. The predicted molar refractivity (Wildman–Crippen MR) is 41.5 cm³/mol. The summed E-state index contributed by atoms with van der Waals surface area (Å²) in [6, 6.07) is 0. The van der Waals surface area contributed by atoms with Crippen molar-refractivity contribution < 1.29 is 0 Å². The Morgan fingerprint density at radius 2 is 2.40 bits per heavy atom. The average molecular weight is 155 g/mol. The number of rotatable bonds is 1. The molecule has 0 bridgehead atoms. The maximum atomic E-state index is 5.46. The molecule has 1 aromatic rings. The quantitative estimate of drug-likeness (QED) is 0.619. The first-order valence-corrected chi connectivity index (χ1v) is 3.31. The molecule has 0 fully saturated rings. The van der Waals surface area contributed by atoms with Gasteiger partial charge in [0.25, 0.3) is 0 Å². The van der Waals surface area contributed by atoms with E-state index in [-0.39, 0.29) is 0 Å². The van der Waals surface area contributed by atoms with Crippen LogP contribution in [0.5, 0.6) is 0 Å². The summed E-state index contributed by atoms with van der Waals surface area (Å²) in [6.45, 7) is 1.89. The molecule has 1 heterocycles. The standard InChI is InChI=1S/C7H7ClN2/c1-6(4-8)7-5-9-2-3-10-7/h2-5H,1H3/b6-4+. The molecule has 2 nitrogen and oxygen atoms in total. The molecule has 0 saturated heterocycles. The van der Waals surface area contributed by atoms with Crippen LogP contribution in [0.2, 0.25) is 0 Å². The van der Waals surface area contributed by atoms with Gasteiger partial charge in [-0.05, 0) is 12.5 Å². The number of halogens is 1. The second-order valence-corrected chi connectivity index (χ2v) is 2.10. The molecular formula is C7H7ClN2. The SMILES string of the molecule is C/C(=C\Cl)c1cnccn1. The molecule has 0 N–H and O–H groups in total. The van der Waals surface area contributed by atoms with Gasteiger partial charge in [0.2, 0.25) is 0 Å². The van der Waals surface area contributed by atoms with Crippen LogP contribution in [-0.4, -0.2) is 9.97 Å². The number of hydrogen-bond donors (Lipinski definition) is 0. The molecule has 1 aromatic heterocycles. The zero-order valence-corrected chi connectivity index (χ0v) is 6.34. The summed E-state index contributed by atoms with van der Waals surface area (Å²) in [7, 11) is 0. The van der Waals surface area contributed by atoms with Gasteiger partial charge in [-0.25, -0.2) is 0 Å². The van der Waals surface area contributed by atoms with Gasteiger partial charge in [0.05, 0.1) is 11.9 Å². The molecule has 0 amide bonds. The summed E-state index contributed by atoms with van der Waals surface area (Å²) in [4.78, 5) is 7.93. The van der Waals surface area contributed by atoms with Gasteiger partial charge in [-0.1, -0.05) is 11.6 Å². The average Bonchev–Trinajstić information content (AvgIpc) is 2.05. The summed E-state index contributed by atoms with van der Waals surface area (Å²) in [5.74, 6) is 0. The third kappa shape index (κ3) is 1.54. The van der Waals surface area contributed by atoms with Gasteiger partial charge in [0, 0.05) is 17.9 Å². The van der Waals surface area contributed by atoms with Crippen molar-refractivity contribution in [1.82, 2.24) is 9.97 Å². The fourth-order valence-electron chi connectivity index (χ4n) is 0.559. The summed E-state index contributed by atoms with van der Waals surface area (Å²) in [5, 5.41) is 0. The minimum Gasteiger partial charge on any atom is -0.261 e. The lowest BCUT2D eigenvalue weighted by atomic mass is 10.3. The van der Waals surface area contributed by atoms with Crippen molar-refractivity contribution in [2.75, 3.05) is 0 Å². The fraction of sp³-hybridized carbons (Fsp3) is 0.143. The molecule has 0 spiro atoms. The molecule has 0 aromatic carbocycles. The van der Waals surface area contributed by atoms with E-state index in [4.69, 9.17) is 11.6 Å². The smallest absolute Gasteiger partial charge is 0.0850 e. The fourth-order valence-corrected chi connectivity index (χ4v) is 0.670. The van der Waals surface area contributed by atoms with Crippen LogP contribution in [0.25, 0.3) is 5.57 Å². The monoisotopic (exact) mass is 154 g/mol. The van der Waals surface area contributed by atoms with Crippen LogP contribution in [0.1, 0.15) is 12.6 Å². The highest BCUT2D eigenvalue weighted by molar-refractivity contribution is 6.28. The largest absolute Gasteiger partial charge is 0.261 e. The summed E-state index contributed by atoms with van der Waals surface area (Å²) in [5.41, 5.74) is 3.23. The van der Waals surface area contributed by atoms with Crippen LogP contribution in [0.4, 0.5) is 0 Å². The Morgan fingerprint density at radius 3 is 2.90 bits per heavy atom. The second-order valence-electron chi connectivity index (χ2n) is 1.88. The van der Waals surface area contributed by atoms with Gasteiger partial charge < -0.3 is 0 Å². The van der Waals surface area contributed by atoms with E-state index < -0.39 is 0 Å². The third-order valence-electron chi connectivity index (χ3n) is 1.13. The maximum Gasteiger partial charge on any atom is 0.0850 e. The molecule has 3 heteroatoms. The van der Waals surface area contributed by atoms with Crippen molar-refractivity contribution >= 4 is 17.2 Å². The molecule has 0 aliphatic rings. The highest BCUT2D eigenvalue weighted by Gasteiger charge is 1.92. The Hall–Kier alpha value is -0.890. The summed E-state index contributed by atoms with van der Waals surface area (Å²) in [6.07, 6.45) is 4.94. The van der Waals surface area contributed by atoms with E-state index in [2.05, 4.69) is 9.97 Å². The van der Waals surface area contributed by atoms with E-state index in [0.717, 1.165) is 11.3 Å². The summed E-state index contributed by atoms with van der Waals surface area (Å²) >= 11 is 5.46. The van der Waals surface area contributed by atoms with Crippen LogP contribution in [-0.2, 0) is 0 Å². The first kappa shape index (κ1) is 7.22. The van der Waals surface area contributed by atoms with E-state index in [1.54, 1.807) is 18.6 Å². The van der Waals surface area contributed by atoms with E-state index in [9.17, 15) is 0 Å². The first-order chi connectivity index (χ1) is 4.84. The van der Waals surface area contributed by atoms with Gasteiger partial charge in [-0.15, -0.1) is 0 Å². The van der Waals surface area contributed by atoms with Crippen LogP contribution in [0.3, 0.4) is 0 Å². The molecule has 10 heavy (non-hydrogen) atoms. The molecular weight excluding hydrogens is 148 g/mol. The van der Waals surface area contributed by atoms with Crippen molar-refractivity contribution in [3.63, 3.8) is 0 Å². The number of nitrogens with zero attached hydrogens (tertiary/aromatic N) is 2. The van der Waals surface area contributed by atoms with Gasteiger partial charge in [0.1, 0.15) is 0 Å². The van der Waals surface area contributed by atoms with Gasteiger partial charge >= 0.3 is 0 Å². The van der Waals surface area contributed by atoms with Crippen molar-refractivity contribution in [2.45, 2.75) is 6.92 Å². The van der Waals surface area contributed by atoms with Crippen LogP contribution < -0.4 is 0 Å². The number of hydrogen-bond acceptors (Lipinski definition) is 2.